The van der Waals surface area contributed by atoms with E-state index in [4.69, 9.17) is 0 Å². The molecule has 0 saturated heterocycles. The van der Waals surface area contributed by atoms with Crippen molar-refractivity contribution < 1.29 is 9.90 Å². The van der Waals surface area contributed by atoms with Crippen LogP contribution in [0.5, 0.6) is 0 Å². The van der Waals surface area contributed by atoms with E-state index < -0.39 is 0 Å². The van der Waals surface area contributed by atoms with Crippen molar-refractivity contribution >= 4 is 5.91 Å². The molecule has 0 aromatic carbocycles. The summed E-state index contributed by atoms with van der Waals surface area (Å²) in [6.45, 7) is 0.640. The van der Waals surface area contributed by atoms with Gasteiger partial charge in [0.15, 0.2) is 5.69 Å². The summed E-state index contributed by atoms with van der Waals surface area (Å²) in [5, 5.41) is 21.6. The maximum atomic E-state index is 11.5. The monoisotopic (exact) mass is 210 g/mol. The maximum Gasteiger partial charge on any atom is 0.273 e. The summed E-state index contributed by atoms with van der Waals surface area (Å²) in [5.41, 5.74) is 0.182. The summed E-state index contributed by atoms with van der Waals surface area (Å²) >= 11 is 0. The molecule has 1 saturated carbocycles. The van der Waals surface area contributed by atoms with Crippen LogP contribution in [-0.2, 0) is 0 Å². The number of carbonyl (C=O) groups excluding carboxylic acids is 1. The number of carbonyl (C=O) groups is 1. The molecule has 0 aliphatic heterocycles. The predicted octanol–water partition coefficient (Wildman–Crippen LogP) is -0.303. The first kappa shape index (κ1) is 10.1. The molecule has 3 N–H and O–H groups in total. The molecule has 82 valence electrons. The summed E-state index contributed by atoms with van der Waals surface area (Å²) in [5.74, 6) is -0.247. The zero-order valence-corrected chi connectivity index (χ0v) is 8.36. The summed E-state index contributed by atoms with van der Waals surface area (Å²) < 4.78 is 0. The Labute approximate surface area is 87.1 Å². The molecule has 1 aromatic heterocycles. The van der Waals surface area contributed by atoms with E-state index in [1.54, 1.807) is 0 Å². The number of aromatic amines is 1. The second-order valence-corrected chi connectivity index (χ2v) is 4.05. The number of nitrogens with one attached hydrogen (secondary N) is 2. The Hall–Kier alpha value is -1.43. The van der Waals surface area contributed by atoms with Gasteiger partial charge < -0.3 is 10.4 Å². The molecule has 0 radical (unpaired) electrons. The van der Waals surface area contributed by atoms with Crippen LogP contribution in [0.4, 0.5) is 0 Å². The first-order valence-corrected chi connectivity index (χ1v) is 5.01. The van der Waals surface area contributed by atoms with E-state index in [1.165, 1.54) is 6.20 Å². The van der Waals surface area contributed by atoms with Crippen LogP contribution in [0.1, 0.15) is 29.8 Å². The van der Waals surface area contributed by atoms with Crippen LogP contribution in [-0.4, -0.2) is 39.6 Å². The quantitative estimate of drug-likeness (QED) is 0.636. The predicted molar refractivity (Wildman–Crippen MR) is 52.1 cm³/mol. The van der Waals surface area contributed by atoms with Gasteiger partial charge in [-0.25, -0.2) is 0 Å². The van der Waals surface area contributed by atoms with Crippen LogP contribution in [0.15, 0.2) is 6.20 Å². The lowest BCUT2D eigenvalue weighted by atomic mass is 9.69. The minimum atomic E-state index is -0.247. The smallest absolute Gasteiger partial charge is 0.273 e. The first-order valence-electron chi connectivity index (χ1n) is 5.01. The standard InChI is InChI=1S/C9H14N4O2/c14-6-9(2-1-3-9)5-10-8(15)7-4-11-13-12-7/h4,14H,1-3,5-6H2,(H,10,15)(H,11,12,13). The van der Waals surface area contributed by atoms with Crippen LogP contribution < -0.4 is 5.32 Å². The molecule has 0 spiro atoms. The fourth-order valence-corrected chi connectivity index (χ4v) is 1.74. The van der Waals surface area contributed by atoms with Crippen molar-refractivity contribution in [2.75, 3.05) is 13.2 Å². The molecular weight excluding hydrogens is 196 g/mol. The lowest BCUT2D eigenvalue weighted by Gasteiger charge is -2.40. The topological polar surface area (TPSA) is 90.9 Å². The molecular formula is C9H14N4O2. The fourth-order valence-electron chi connectivity index (χ4n) is 1.74. The number of amides is 1. The fraction of sp³-hybridized carbons (Fsp3) is 0.667. The second kappa shape index (κ2) is 3.98. The van der Waals surface area contributed by atoms with E-state index in [9.17, 15) is 9.90 Å². The van der Waals surface area contributed by atoms with Crippen molar-refractivity contribution in [3.63, 3.8) is 0 Å². The largest absolute Gasteiger partial charge is 0.396 e. The van der Waals surface area contributed by atoms with Crippen LogP contribution in [0.2, 0.25) is 0 Å². The Balaban J connectivity index is 1.85. The summed E-state index contributed by atoms with van der Waals surface area (Å²) in [7, 11) is 0. The van der Waals surface area contributed by atoms with Crippen LogP contribution in [0, 0.1) is 5.41 Å². The van der Waals surface area contributed by atoms with Gasteiger partial charge in [-0.05, 0) is 12.8 Å². The second-order valence-electron chi connectivity index (χ2n) is 4.05. The molecule has 0 bridgehead atoms. The molecule has 0 atom stereocenters. The normalized spacial score (nSPS) is 18.2. The highest BCUT2D eigenvalue weighted by Gasteiger charge is 2.36. The molecule has 6 heteroatoms. The first-order chi connectivity index (χ1) is 7.26. The highest BCUT2D eigenvalue weighted by Crippen LogP contribution is 2.39. The van der Waals surface area contributed by atoms with E-state index >= 15 is 0 Å². The van der Waals surface area contributed by atoms with E-state index in [0.717, 1.165) is 19.3 Å². The third-order valence-corrected chi connectivity index (χ3v) is 3.02. The average molecular weight is 210 g/mol. The van der Waals surface area contributed by atoms with Crippen molar-refractivity contribution in [2.24, 2.45) is 5.41 Å². The van der Waals surface area contributed by atoms with Gasteiger partial charge in [0.2, 0.25) is 0 Å². The highest BCUT2D eigenvalue weighted by atomic mass is 16.3. The Morgan fingerprint density at radius 1 is 1.67 bits per heavy atom. The molecule has 6 nitrogen and oxygen atoms in total. The van der Waals surface area contributed by atoms with Gasteiger partial charge in [-0.2, -0.15) is 15.4 Å². The van der Waals surface area contributed by atoms with Crippen molar-refractivity contribution in [3.8, 4) is 0 Å². The molecule has 2 rings (SSSR count). The van der Waals surface area contributed by atoms with Crippen molar-refractivity contribution in [1.29, 1.82) is 0 Å². The van der Waals surface area contributed by atoms with E-state index in [2.05, 4.69) is 20.7 Å². The summed E-state index contributed by atoms with van der Waals surface area (Å²) in [6.07, 6.45) is 4.45. The number of aliphatic hydroxyl groups excluding tert-OH is 1. The van der Waals surface area contributed by atoms with Crippen molar-refractivity contribution in [2.45, 2.75) is 19.3 Å². The van der Waals surface area contributed by atoms with Gasteiger partial charge >= 0.3 is 0 Å². The molecule has 1 amide bonds. The Bertz CT molecular complexity index is 326. The zero-order chi connectivity index (χ0) is 10.7. The number of hydrogen-bond donors (Lipinski definition) is 3. The molecule has 1 heterocycles. The summed E-state index contributed by atoms with van der Waals surface area (Å²) in [6, 6.07) is 0. The Morgan fingerprint density at radius 2 is 2.47 bits per heavy atom. The molecule has 0 unspecified atom stereocenters. The molecule has 1 aliphatic carbocycles. The van der Waals surface area contributed by atoms with Crippen LogP contribution in [0.3, 0.4) is 0 Å². The summed E-state index contributed by atoms with van der Waals surface area (Å²) in [4.78, 5) is 11.5. The van der Waals surface area contributed by atoms with E-state index in [0.29, 0.717) is 6.54 Å². The number of rotatable bonds is 4. The molecule has 1 aliphatic rings. The maximum absolute atomic E-state index is 11.5. The minimum Gasteiger partial charge on any atom is -0.396 e. The minimum absolute atomic E-state index is 0.0978. The number of hydrogen-bond acceptors (Lipinski definition) is 4. The third-order valence-electron chi connectivity index (χ3n) is 3.02. The van der Waals surface area contributed by atoms with Gasteiger partial charge in [0, 0.05) is 12.0 Å². The van der Waals surface area contributed by atoms with Crippen LogP contribution >= 0.6 is 0 Å². The van der Waals surface area contributed by atoms with Gasteiger partial charge in [0.1, 0.15) is 0 Å². The number of aromatic nitrogens is 3. The van der Waals surface area contributed by atoms with Crippen molar-refractivity contribution in [3.05, 3.63) is 11.9 Å². The molecule has 1 fully saturated rings. The molecule has 15 heavy (non-hydrogen) atoms. The lowest BCUT2D eigenvalue weighted by molar-refractivity contribution is 0.0428. The van der Waals surface area contributed by atoms with Gasteiger partial charge in [-0.3, -0.25) is 4.79 Å². The van der Waals surface area contributed by atoms with E-state index in [-0.39, 0.29) is 23.6 Å². The zero-order valence-electron chi connectivity index (χ0n) is 8.36. The Morgan fingerprint density at radius 3 is 2.93 bits per heavy atom. The van der Waals surface area contributed by atoms with Crippen molar-refractivity contribution in [1.82, 2.24) is 20.7 Å². The van der Waals surface area contributed by atoms with Gasteiger partial charge in [0.05, 0.1) is 12.8 Å². The third kappa shape index (κ3) is 1.99. The number of nitrogens with zero attached hydrogens (tertiary/aromatic N) is 2. The van der Waals surface area contributed by atoms with Crippen LogP contribution in [0.25, 0.3) is 0 Å². The molecule has 1 aromatic rings. The SMILES string of the molecule is O=C(NCC1(CO)CCC1)c1cn[nH]n1. The lowest BCUT2D eigenvalue weighted by Crippen LogP contribution is -2.44. The van der Waals surface area contributed by atoms with Gasteiger partial charge in [-0.15, -0.1) is 0 Å². The van der Waals surface area contributed by atoms with Gasteiger partial charge in [-0.1, -0.05) is 6.42 Å². The van der Waals surface area contributed by atoms with E-state index in [1.807, 2.05) is 0 Å². The van der Waals surface area contributed by atoms with Gasteiger partial charge in [0.25, 0.3) is 5.91 Å². The average Bonchev–Trinajstić information content (AvgIpc) is 2.69. The number of aliphatic hydroxyl groups is 1. The highest BCUT2D eigenvalue weighted by molar-refractivity contribution is 5.91. The number of H-pyrrole nitrogens is 1. The Kier molecular flexibility index (Phi) is 2.68.